The normalized spacial score (nSPS) is 24.8. The van der Waals surface area contributed by atoms with Gasteiger partial charge in [0.2, 0.25) is 0 Å². The number of rotatable bonds is 40. The number of ether oxygens (including phenoxy) is 3. The Kier molecular flexibility index (Phi) is 34.3. The van der Waals surface area contributed by atoms with E-state index in [4.69, 9.17) is 23.3 Å². The number of aliphatic hydroxyl groups excluding tert-OH is 5. The van der Waals surface area contributed by atoms with Crippen LogP contribution in [0, 0.1) is 0 Å². The molecule has 0 bridgehead atoms. The Bertz CT molecular complexity index is 1510. The van der Waals surface area contributed by atoms with E-state index in [0.717, 1.165) is 77.0 Å². The van der Waals surface area contributed by atoms with Crippen molar-refractivity contribution in [1.82, 2.24) is 0 Å². The molecule has 0 amide bonds. The third kappa shape index (κ3) is 29.8. The van der Waals surface area contributed by atoms with Crippen LogP contribution in [0.15, 0.2) is 72.9 Å². The van der Waals surface area contributed by atoms with E-state index in [2.05, 4.69) is 74.6 Å². The molecular weight excluding hydrogens is 880 g/mol. The van der Waals surface area contributed by atoms with E-state index < -0.39 is 75.7 Å². The van der Waals surface area contributed by atoms with Crippen molar-refractivity contribution in [1.29, 1.82) is 0 Å². The first kappa shape index (κ1) is 60.4. The third-order valence-corrected chi connectivity index (χ3v) is 12.7. The van der Waals surface area contributed by atoms with Gasteiger partial charge in [0.05, 0.1) is 18.8 Å². The van der Waals surface area contributed by atoms with E-state index in [9.17, 15) is 44.6 Å². The summed E-state index contributed by atoms with van der Waals surface area (Å²) in [6, 6.07) is 0. The lowest BCUT2D eigenvalue weighted by molar-refractivity contribution is -0.220. The van der Waals surface area contributed by atoms with Crippen molar-refractivity contribution in [3.8, 4) is 0 Å². The molecule has 67 heavy (non-hydrogen) atoms. The molecule has 1 aliphatic heterocycles. The van der Waals surface area contributed by atoms with Gasteiger partial charge in [-0.25, -0.2) is 4.57 Å². The van der Waals surface area contributed by atoms with Gasteiger partial charge in [0.25, 0.3) is 0 Å². The van der Waals surface area contributed by atoms with Gasteiger partial charge in [-0.05, 0) is 89.9 Å². The Morgan fingerprint density at radius 3 is 1.52 bits per heavy atom. The minimum atomic E-state index is -5.15. The zero-order chi connectivity index (χ0) is 49.0. The first-order valence-corrected chi connectivity index (χ1v) is 26.9. The van der Waals surface area contributed by atoms with Crippen molar-refractivity contribution in [3.05, 3.63) is 72.9 Å². The van der Waals surface area contributed by atoms with Gasteiger partial charge in [-0.3, -0.25) is 18.6 Å². The van der Waals surface area contributed by atoms with Crippen LogP contribution < -0.4 is 0 Å². The van der Waals surface area contributed by atoms with Gasteiger partial charge in [-0.2, -0.15) is 0 Å². The molecule has 1 heterocycles. The molecule has 384 valence electrons. The first-order chi connectivity index (χ1) is 32.4. The van der Waals surface area contributed by atoms with Crippen LogP contribution in [0.1, 0.15) is 174 Å². The molecule has 1 aliphatic carbocycles. The van der Waals surface area contributed by atoms with Gasteiger partial charge in [-0.15, -0.1) is 0 Å². The quantitative estimate of drug-likeness (QED) is 0.0111. The lowest BCUT2D eigenvalue weighted by Crippen LogP contribution is -2.64. The summed E-state index contributed by atoms with van der Waals surface area (Å²) in [5, 5.41) is 50.3. The maximum absolute atomic E-state index is 12.9. The van der Waals surface area contributed by atoms with Crippen LogP contribution in [-0.2, 0) is 37.4 Å². The molecule has 6 N–H and O–H groups in total. The van der Waals surface area contributed by atoms with E-state index in [1.54, 1.807) is 0 Å². The van der Waals surface area contributed by atoms with Crippen LogP contribution in [-0.4, -0.2) is 111 Å². The highest BCUT2D eigenvalue weighted by molar-refractivity contribution is 7.47. The number of carbonyl (C=O) groups is 2. The van der Waals surface area contributed by atoms with Crippen LogP contribution in [0.5, 0.6) is 0 Å². The van der Waals surface area contributed by atoms with Crippen molar-refractivity contribution in [2.75, 3.05) is 13.2 Å². The number of esters is 2. The van der Waals surface area contributed by atoms with Crippen molar-refractivity contribution < 1.29 is 67.8 Å². The number of hydrogen-bond acceptors (Lipinski definition) is 13. The molecule has 2 rings (SSSR count). The van der Waals surface area contributed by atoms with Crippen molar-refractivity contribution in [2.24, 2.45) is 0 Å². The Morgan fingerprint density at radius 1 is 0.522 bits per heavy atom. The molecule has 1 saturated carbocycles. The molecule has 0 aromatic heterocycles. The fourth-order valence-corrected chi connectivity index (χ4v) is 8.42. The molecule has 0 aromatic rings. The van der Waals surface area contributed by atoms with Gasteiger partial charge < -0.3 is 44.6 Å². The summed E-state index contributed by atoms with van der Waals surface area (Å²) in [4.78, 5) is 35.9. The second-order valence-electron chi connectivity index (χ2n) is 17.7. The molecule has 10 atom stereocenters. The Hall–Kier alpha value is -2.75. The Labute approximate surface area is 401 Å². The summed E-state index contributed by atoms with van der Waals surface area (Å²) in [5.74, 6) is -1.19. The Morgan fingerprint density at radius 2 is 0.940 bits per heavy atom. The van der Waals surface area contributed by atoms with Crippen molar-refractivity contribution >= 4 is 19.8 Å². The topological polar surface area (TPSA) is 222 Å². The molecule has 0 radical (unpaired) electrons. The predicted octanol–water partition coefficient (Wildman–Crippen LogP) is 9.66. The van der Waals surface area contributed by atoms with Crippen LogP contribution in [0.4, 0.5) is 0 Å². The molecule has 2 fully saturated rings. The first-order valence-electron chi connectivity index (χ1n) is 25.4. The van der Waals surface area contributed by atoms with E-state index in [1.165, 1.54) is 51.4 Å². The molecule has 0 aromatic carbocycles. The number of hydrogen-bond donors (Lipinski definition) is 6. The van der Waals surface area contributed by atoms with Crippen molar-refractivity contribution in [2.45, 2.75) is 229 Å². The number of aliphatic hydroxyl groups is 5. The average molecular weight is 967 g/mol. The predicted molar refractivity (Wildman–Crippen MR) is 262 cm³/mol. The van der Waals surface area contributed by atoms with E-state index >= 15 is 0 Å². The number of carbonyl (C=O) groups excluding carboxylic acids is 2. The van der Waals surface area contributed by atoms with Gasteiger partial charge in [0, 0.05) is 12.8 Å². The van der Waals surface area contributed by atoms with Crippen LogP contribution >= 0.6 is 7.82 Å². The fourth-order valence-electron chi connectivity index (χ4n) is 7.45. The second-order valence-corrected chi connectivity index (χ2v) is 19.1. The zero-order valence-corrected chi connectivity index (χ0v) is 41.5. The minimum Gasteiger partial charge on any atom is -0.462 e. The van der Waals surface area contributed by atoms with Gasteiger partial charge in [-0.1, -0.05) is 145 Å². The van der Waals surface area contributed by atoms with E-state index in [-0.39, 0.29) is 25.0 Å². The Balaban J connectivity index is 1.71. The molecule has 2 aliphatic rings. The lowest BCUT2D eigenvalue weighted by atomic mass is 9.85. The average Bonchev–Trinajstić information content (AvgIpc) is 4.07. The summed E-state index contributed by atoms with van der Waals surface area (Å²) in [7, 11) is -5.15. The standard InChI is InChI=1S/C52H87O14P/c1-3-5-7-9-11-13-14-15-16-17-18-19-20-21-22-23-25-27-29-34-38-45(53)62-40-42(41-63-67(60,61)66-52-50(58)48(56)47(55)49(57)51(52)59)64-46(54)39-35-31-30-33-37-44-43(65-44)36-32-28-26-24-12-10-8-6-4-2/h12-14,16-17,19-20,24,28,30,32-33,42-44,47-52,55-59H,3-11,15,18,21-23,25-27,29,31,34-41H2,1-2H3,(H,60,61)/b14-13-,17-16-,20-19-,24-12-,32-28-,33-30-/t42-,43?,44?,47?,48-,49+,50-,51-,52?/m1/s1. The van der Waals surface area contributed by atoms with Crippen LogP contribution in [0.3, 0.4) is 0 Å². The summed E-state index contributed by atoms with van der Waals surface area (Å²) in [6.45, 7) is 3.19. The number of epoxide rings is 1. The molecule has 0 spiro atoms. The number of allylic oxidation sites excluding steroid dienone is 10. The number of phosphoric ester groups is 1. The third-order valence-electron chi connectivity index (χ3n) is 11.7. The highest BCUT2D eigenvalue weighted by Crippen LogP contribution is 2.47. The zero-order valence-electron chi connectivity index (χ0n) is 40.6. The summed E-state index contributed by atoms with van der Waals surface area (Å²) in [5.41, 5.74) is 0. The van der Waals surface area contributed by atoms with Gasteiger partial charge in [0.1, 0.15) is 43.2 Å². The smallest absolute Gasteiger partial charge is 0.462 e. The summed E-state index contributed by atoms with van der Waals surface area (Å²) < 4.78 is 39.3. The van der Waals surface area contributed by atoms with Crippen molar-refractivity contribution in [3.63, 3.8) is 0 Å². The summed E-state index contributed by atoms with van der Waals surface area (Å²) in [6.07, 6.45) is 36.8. The maximum Gasteiger partial charge on any atom is 0.472 e. The largest absolute Gasteiger partial charge is 0.472 e. The van der Waals surface area contributed by atoms with E-state index in [0.29, 0.717) is 19.3 Å². The molecule has 5 unspecified atom stereocenters. The minimum absolute atomic E-state index is 0.00602. The molecule has 1 saturated heterocycles. The van der Waals surface area contributed by atoms with E-state index in [1.807, 2.05) is 12.2 Å². The highest BCUT2D eigenvalue weighted by Gasteiger charge is 2.51. The van der Waals surface area contributed by atoms with Gasteiger partial charge in [0.15, 0.2) is 6.10 Å². The highest BCUT2D eigenvalue weighted by atomic mass is 31.2. The molecular formula is C52H87O14P. The number of phosphoric acid groups is 1. The molecule has 14 nitrogen and oxygen atoms in total. The number of unbranched alkanes of at least 4 members (excludes halogenated alkanes) is 14. The fraction of sp³-hybridized carbons (Fsp3) is 0.731. The maximum atomic E-state index is 12.9. The second kappa shape index (κ2) is 38.1. The van der Waals surface area contributed by atoms with Crippen LogP contribution in [0.2, 0.25) is 0 Å². The van der Waals surface area contributed by atoms with Crippen LogP contribution in [0.25, 0.3) is 0 Å². The van der Waals surface area contributed by atoms with Gasteiger partial charge >= 0.3 is 19.8 Å². The molecule has 15 heteroatoms. The SMILES string of the molecule is CCCCC/C=C\C/C=C\CC1OC1C/C=C\CCCC(=O)O[C@H](COC(=O)CCCCCCCC/C=C\C/C=C\C/C=C\CCCCCC)COP(=O)(O)OC1[C@H](O)[C@H](O)C(O)[C@H](O)[C@H]1O. The summed E-state index contributed by atoms with van der Waals surface area (Å²) >= 11 is 0. The lowest BCUT2D eigenvalue weighted by Gasteiger charge is -2.41. The monoisotopic (exact) mass is 967 g/mol.